The molecule has 0 unspecified atom stereocenters. The van der Waals surface area contributed by atoms with Gasteiger partial charge in [0, 0.05) is 13.2 Å². The molecule has 0 spiro atoms. The molecule has 0 aliphatic rings. The molecule has 0 saturated carbocycles. The third kappa shape index (κ3) is 3.69. The SMILES string of the molecule is CCOC(OCC)c1ccc([Si](C)(C)CC)o1. The van der Waals surface area contributed by atoms with Gasteiger partial charge in [0.1, 0.15) is 8.07 Å². The van der Waals surface area contributed by atoms with E-state index in [4.69, 9.17) is 13.9 Å². The average Bonchev–Trinajstić information content (AvgIpc) is 2.78. The second kappa shape index (κ2) is 6.38. The van der Waals surface area contributed by atoms with Crippen molar-refractivity contribution in [1.82, 2.24) is 0 Å². The van der Waals surface area contributed by atoms with Crippen LogP contribution in [0.1, 0.15) is 32.8 Å². The number of ether oxygens (including phenoxy) is 2. The van der Waals surface area contributed by atoms with Crippen LogP contribution in [-0.2, 0) is 9.47 Å². The molecule has 0 aromatic carbocycles. The largest absolute Gasteiger partial charge is 0.466 e. The maximum Gasteiger partial charge on any atom is 0.217 e. The van der Waals surface area contributed by atoms with E-state index in [2.05, 4.69) is 26.1 Å². The van der Waals surface area contributed by atoms with E-state index in [1.54, 1.807) is 0 Å². The summed E-state index contributed by atoms with van der Waals surface area (Å²) in [6.45, 7) is 12.0. The Morgan fingerprint density at radius 2 is 1.71 bits per heavy atom. The lowest BCUT2D eigenvalue weighted by molar-refractivity contribution is -0.150. The molecule has 0 saturated heterocycles. The second-order valence-corrected chi connectivity index (χ2v) is 9.65. The summed E-state index contributed by atoms with van der Waals surface area (Å²) >= 11 is 0. The lowest BCUT2D eigenvalue weighted by Gasteiger charge is -2.18. The fraction of sp³-hybridized carbons (Fsp3) is 0.692. The highest BCUT2D eigenvalue weighted by Gasteiger charge is 2.26. The number of furan rings is 1. The van der Waals surface area contributed by atoms with Crippen LogP contribution in [0.3, 0.4) is 0 Å². The molecule has 1 heterocycles. The summed E-state index contributed by atoms with van der Waals surface area (Å²) in [5.41, 5.74) is 0. The van der Waals surface area contributed by atoms with Crippen molar-refractivity contribution < 1.29 is 13.9 Å². The monoisotopic (exact) mass is 256 g/mol. The van der Waals surface area contributed by atoms with Gasteiger partial charge in [0.15, 0.2) is 5.76 Å². The molecule has 3 nitrogen and oxygen atoms in total. The van der Waals surface area contributed by atoms with Crippen LogP contribution in [0.25, 0.3) is 0 Å². The highest BCUT2D eigenvalue weighted by Crippen LogP contribution is 2.20. The van der Waals surface area contributed by atoms with Crippen molar-refractivity contribution in [2.75, 3.05) is 13.2 Å². The van der Waals surface area contributed by atoms with Crippen LogP contribution in [0, 0.1) is 0 Å². The van der Waals surface area contributed by atoms with Crippen LogP contribution in [0.2, 0.25) is 19.1 Å². The summed E-state index contributed by atoms with van der Waals surface area (Å²) in [7, 11) is -1.40. The van der Waals surface area contributed by atoms with Gasteiger partial charge in [-0.15, -0.1) is 0 Å². The van der Waals surface area contributed by atoms with E-state index < -0.39 is 8.07 Å². The van der Waals surface area contributed by atoms with Crippen molar-refractivity contribution in [3.8, 4) is 0 Å². The van der Waals surface area contributed by atoms with Gasteiger partial charge in [-0.05, 0) is 26.0 Å². The van der Waals surface area contributed by atoms with Gasteiger partial charge in [-0.2, -0.15) is 0 Å². The van der Waals surface area contributed by atoms with Crippen LogP contribution in [0.4, 0.5) is 0 Å². The Hall–Kier alpha value is -0.583. The van der Waals surface area contributed by atoms with E-state index in [0.29, 0.717) is 13.2 Å². The molecule has 0 atom stereocenters. The van der Waals surface area contributed by atoms with Crippen molar-refractivity contribution >= 4 is 13.5 Å². The molecule has 0 amide bonds. The number of rotatable bonds is 7. The fourth-order valence-electron chi connectivity index (χ4n) is 1.53. The predicted molar refractivity (Wildman–Crippen MR) is 72.3 cm³/mol. The van der Waals surface area contributed by atoms with Crippen molar-refractivity contribution in [3.05, 3.63) is 17.9 Å². The summed E-state index contributed by atoms with van der Waals surface area (Å²) in [6.07, 6.45) is -0.361. The minimum Gasteiger partial charge on any atom is -0.466 e. The molecule has 1 aromatic rings. The molecule has 0 aliphatic carbocycles. The first-order chi connectivity index (χ1) is 8.05. The third-order valence-corrected chi connectivity index (χ3v) is 6.42. The maximum absolute atomic E-state index is 5.92. The molecular formula is C13H24O3Si. The second-order valence-electron chi connectivity index (χ2n) is 4.68. The molecule has 17 heavy (non-hydrogen) atoms. The minimum atomic E-state index is -1.40. The van der Waals surface area contributed by atoms with Gasteiger partial charge in [-0.1, -0.05) is 26.1 Å². The van der Waals surface area contributed by atoms with Gasteiger partial charge in [0.05, 0.1) is 5.38 Å². The molecule has 0 aliphatic heterocycles. The Morgan fingerprint density at radius 1 is 1.12 bits per heavy atom. The zero-order valence-electron chi connectivity index (χ0n) is 11.6. The quantitative estimate of drug-likeness (QED) is 0.554. The number of hydrogen-bond acceptors (Lipinski definition) is 3. The van der Waals surface area contributed by atoms with Crippen molar-refractivity contribution in [3.63, 3.8) is 0 Å². The standard InChI is InChI=1S/C13H24O3Si/c1-6-14-13(15-7-2)11-9-10-12(16-11)17(4,5)8-3/h9-10,13H,6-8H2,1-5H3. The summed E-state index contributed by atoms with van der Waals surface area (Å²) < 4.78 is 17.0. The summed E-state index contributed by atoms with van der Waals surface area (Å²) in [6, 6.07) is 5.24. The van der Waals surface area contributed by atoms with Crippen LogP contribution in [0.5, 0.6) is 0 Å². The van der Waals surface area contributed by atoms with Gasteiger partial charge < -0.3 is 13.9 Å². The van der Waals surface area contributed by atoms with Crippen LogP contribution in [-0.4, -0.2) is 21.3 Å². The summed E-state index contributed by atoms with van der Waals surface area (Å²) in [5.74, 6) is 0.790. The lowest BCUT2D eigenvalue weighted by atomic mass is 10.4. The maximum atomic E-state index is 5.92. The Bertz CT molecular complexity index is 327. The molecule has 1 rings (SSSR count). The molecule has 1 aromatic heterocycles. The molecule has 0 bridgehead atoms. The Kier molecular flexibility index (Phi) is 5.43. The van der Waals surface area contributed by atoms with Gasteiger partial charge in [-0.3, -0.25) is 0 Å². The van der Waals surface area contributed by atoms with Crippen molar-refractivity contribution in [1.29, 1.82) is 0 Å². The highest BCUT2D eigenvalue weighted by atomic mass is 28.3. The minimum absolute atomic E-state index is 0.361. The molecule has 4 heteroatoms. The van der Waals surface area contributed by atoms with Gasteiger partial charge in [0.25, 0.3) is 0 Å². The van der Waals surface area contributed by atoms with E-state index in [-0.39, 0.29) is 6.29 Å². The normalized spacial score (nSPS) is 12.4. The first-order valence-electron chi connectivity index (χ1n) is 6.38. The Balaban J connectivity index is 2.84. The molecule has 0 N–H and O–H groups in total. The van der Waals surface area contributed by atoms with E-state index in [1.165, 1.54) is 6.04 Å². The molecule has 98 valence electrons. The van der Waals surface area contributed by atoms with Gasteiger partial charge in [-0.25, -0.2) is 0 Å². The highest BCUT2D eigenvalue weighted by molar-refractivity contribution is 6.88. The van der Waals surface area contributed by atoms with E-state index in [9.17, 15) is 0 Å². The average molecular weight is 256 g/mol. The van der Waals surface area contributed by atoms with E-state index in [0.717, 1.165) is 11.1 Å². The zero-order chi connectivity index (χ0) is 12.9. The lowest BCUT2D eigenvalue weighted by Crippen LogP contribution is -2.39. The van der Waals surface area contributed by atoms with Crippen LogP contribution in [0.15, 0.2) is 16.5 Å². The summed E-state index contributed by atoms with van der Waals surface area (Å²) in [5, 5.41) is 1.12. The van der Waals surface area contributed by atoms with Crippen molar-refractivity contribution in [2.24, 2.45) is 0 Å². The van der Waals surface area contributed by atoms with Crippen LogP contribution >= 0.6 is 0 Å². The first-order valence-corrected chi connectivity index (χ1v) is 9.59. The molecule has 0 radical (unpaired) electrons. The van der Waals surface area contributed by atoms with E-state index in [1.807, 2.05) is 19.9 Å². The fourth-order valence-corrected chi connectivity index (χ4v) is 2.81. The zero-order valence-corrected chi connectivity index (χ0v) is 12.6. The Labute approximate surface area is 105 Å². The first kappa shape index (κ1) is 14.5. The van der Waals surface area contributed by atoms with Crippen LogP contribution < -0.4 is 5.38 Å². The molecular weight excluding hydrogens is 232 g/mol. The number of hydrogen-bond donors (Lipinski definition) is 0. The third-order valence-electron chi connectivity index (χ3n) is 3.05. The van der Waals surface area contributed by atoms with E-state index >= 15 is 0 Å². The van der Waals surface area contributed by atoms with Gasteiger partial charge in [0.2, 0.25) is 6.29 Å². The molecule has 0 fully saturated rings. The predicted octanol–water partition coefficient (Wildman–Crippen LogP) is 3.29. The topological polar surface area (TPSA) is 31.6 Å². The summed E-state index contributed by atoms with van der Waals surface area (Å²) in [4.78, 5) is 0. The van der Waals surface area contributed by atoms with Gasteiger partial charge >= 0.3 is 0 Å². The Morgan fingerprint density at radius 3 is 2.18 bits per heavy atom. The van der Waals surface area contributed by atoms with Crippen molar-refractivity contribution in [2.45, 2.75) is 46.2 Å². The smallest absolute Gasteiger partial charge is 0.217 e.